The Hall–Kier alpha value is -2.74. The van der Waals surface area contributed by atoms with Gasteiger partial charge in [-0.3, -0.25) is 19.5 Å². The molecule has 1 aromatic heterocycles. The van der Waals surface area contributed by atoms with E-state index in [0.29, 0.717) is 0 Å². The van der Waals surface area contributed by atoms with Crippen LogP contribution < -0.4 is 5.43 Å². The van der Waals surface area contributed by atoms with E-state index in [2.05, 4.69) is 10.2 Å². The van der Waals surface area contributed by atoms with Crippen LogP contribution in [0.15, 0.2) is 35.4 Å². The molecule has 0 aliphatic carbocycles. The van der Waals surface area contributed by atoms with E-state index in [1.54, 1.807) is 23.6 Å². The number of piperazine rings is 1. The Kier molecular flexibility index (Phi) is 5.27. The second-order valence-corrected chi connectivity index (χ2v) is 6.95. The van der Waals surface area contributed by atoms with Gasteiger partial charge in [0.2, 0.25) is 5.43 Å². The van der Waals surface area contributed by atoms with Crippen LogP contribution in [0.4, 0.5) is 4.39 Å². The first-order valence-electron chi connectivity index (χ1n) is 8.39. The van der Waals surface area contributed by atoms with Gasteiger partial charge in [-0.05, 0) is 32.0 Å². The monoisotopic (exact) mass is 392 g/mol. The van der Waals surface area contributed by atoms with Gasteiger partial charge in [0, 0.05) is 31.4 Å². The van der Waals surface area contributed by atoms with Crippen LogP contribution in [-0.2, 0) is 0 Å². The molecule has 2 amide bonds. The van der Waals surface area contributed by atoms with Gasteiger partial charge in [-0.15, -0.1) is 0 Å². The van der Waals surface area contributed by atoms with E-state index in [0.717, 1.165) is 12.3 Å². The highest BCUT2D eigenvalue weighted by Crippen LogP contribution is 2.24. The molecule has 0 saturated carbocycles. The zero-order chi connectivity index (χ0) is 19.7. The number of rotatable bonds is 2. The molecule has 7 nitrogen and oxygen atoms in total. The van der Waals surface area contributed by atoms with Gasteiger partial charge in [-0.1, -0.05) is 11.6 Å². The van der Waals surface area contributed by atoms with Crippen LogP contribution in [0.2, 0.25) is 5.02 Å². The number of H-pyrrole nitrogens is 1. The third-order valence-corrected chi connectivity index (χ3v) is 4.94. The lowest BCUT2D eigenvalue weighted by atomic mass is 10.0. The molecule has 9 heteroatoms. The highest BCUT2D eigenvalue weighted by Gasteiger charge is 2.36. The fourth-order valence-electron chi connectivity index (χ4n) is 3.17. The highest BCUT2D eigenvalue weighted by molar-refractivity contribution is 6.33. The van der Waals surface area contributed by atoms with Crippen LogP contribution in [0.25, 0.3) is 0 Å². The number of nitrogens with zero attached hydrogens (tertiary/aromatic N) is 3. The number of carbonyl (C=O) groups is 2. The molecule has 2 aromatic rings. The van der Waals surface area contributed by atoms with E-state index in [1.165, 1.54) is 18.3 Å². The fourth-order valence-corrected chi connectivity index (χ4v) is 3.42. The van der Waals surface area contributed by atoms with Crippen LogP contribution in [0.5, 0.6) is 0 Å². The maximum atomic E-state index is 13.2. The third-order valence-electron chi connectivity index (χ3n) is 4.63. The van der Waals surface area contributed by atoms with Gasteiger partial charge < -0.3 is 9.80 Å². The topological polar surface area (TPSA) is 86.4 Å². The maximum absolute atomic E-state index is 13.2. The minimum absolute atomic E-state index is 0.00501. The zero-order valence-corrected chi connectivity index (χ0v) is 15.5. The van der Waals surface area contributed by atoms with E-state index in [4.69, 9.17) is 11.6 Å². The third kappa shape index (κ3) is 3.71. The average Bonchev–Trinajstić information content (AvgIpc) is 2.62. The van der Waals surface area contributed by atoms with Crippen LogP contribution in [-0.4, -0.2) is 57.0 Å². The zero-order valence-electron chi connectivity index (χ0n) is 14.8. The second kappa shape index (κ2) is 7.48. The summed E-state index contributed by atoms with van der Waals surface area (Å²) in [6.07, 6.45) is 2.33. The van der Waals surface area contributed by atoms with Crippen molar-refractivity contribution in [3.8, 4) is 0 Å². The Bertz CT molecular complexity index is 948. The molecule has 3 rings (SSSR count). The van der Waals surface area contributed by atoms with Gasteiger partial charge >= 0.3 is 0 Å². The molecule has 1 fully saturated rings. The van der Waals surface area contributed by atoms with Crippen molar-refractivity contribution in [1.29, 1.82) is 0 Å². The molecule has 2 atom stereocenters. The number of halogens is 2. The molecule has 2 heterocycles. The van der Waals surface area contributed by atoms with Crippen molar-refractivity contribution < 1.29 is 14.0 Å². The van der Waals surface area contributed by atoms with E-state index in [9.17, 15) is 18.8 Å². The van der Waals surface area contributed by atoms with E-state index in [1.807, 2.05) is 0 Å². The Morgan fingerprint density at radius 1 is 1.15 bits per heavy atom. The maximum Gasteiger partial charge on any atom is 0.259 e. The lowest BCUT2D eigenvalue weighted by Crippen LogP contribution is -2.59. The van der Waals surface area contributed by atoms with Gasteiger partial charge in [0.1, 0.15) is 11.4 Å². The summed E-state index contributed by atoms with van der Waals surface area (Å²) >= 11 is 6.01. The first-order chi connectivity index (χ1) is 12.8. The molecular formula is C18H18ClFN4O3. The molecule has 2 unspecified atom stereocenters. The van der Waals surface area contributed by atoms with Crippen molar-refractivity contribution in [2.45, 2.75) is 25.9 Å². The standard InChI is InChI=1S/C18H18ClFN4O3/c1-10-9-24(18(27)14-6-21-22-7-16(14)25)11(2)8-23(10)17(26)13-4-3-12(20)5-15(13)19/h3-7,10-11H,8-9H2,1-2H3,(H,21,25). The predicted molar refractivity (Wildman–Crippen MR) is 97.3 cm³/mol. The Morgan fingerprint density at radius 2 is 1.74 bits per heavy atom. The minimum atomic E-state index is -0.518. The number of benzene rings is 1. The molecule has 1 N–H and O–H groups in total. The lowest BCUT2D eigenvalue weighted by molar-refractivity contribution is 0.0269. The van der Waals surface area contributed by atoms with Crippen molar-refractivity contribution in [1.82, 2.24) is 20.0 Å². The van der Waals surface area contributed by atoms with Crippen molar-refractivity contribution in [2.24, 2.45) is 0 Å². The molecule has 27 heavy (non-hydrogen) atoms. The molecule has 0 bridgehead atoms. The van der Waals surface area contributed by atoms with Gasteiger partial charge in [0.15, 0.2) is 0 Å². The summed E-state index contributed by atoms with van der Waals surface area (Å²) in [7, 11) is 0. The molecule has 1 aliphatic heterocycles. The quantitative estimate of drug-likeness (QED) is 0.846. The SMILES string of the molecule is CC1CN(C(=O)c2c[nH]ncc2=O)C(C)CN1C(=O)c1ccc(F)cc1Cl. The van der Waals surface area contributed by atoms with E-state index in [-0.39, 0.29) is 47.2 Å². The Balaban J connectivity index is 1.81. The largest absolute Gasteiger partial charge is 0.332 e. The Morgan fingerprint density at radius 3 is 2.30 bits per heavy atom. The average molecular weight is 393 g/mol. The number of hydrogen-bond donors (Lipinski definition) is 1. The van der Waals surface area contributed by atoms with E-state index < -0.39 is 17.2 Å². The van der Waals surface area contributed by atoms with E-state index >= 15 is 0 Å². The minimum Gasteiger partial charge on any atom is -0.332 e. The fraction of sp³-hybridized carbons (Fsp3) is 0.333. The molecule has 1 aliphatic rings. The van der Waals surface area contributed by atoms with Crippen molar-refractivity contribution >= 4 is 23.4 Å². The highest BCUT2D eigenvalue weighted by atomic mass is 35.5. The summed E-state index contributed by atoms with van der Waals surface area (Å²) in [5.41, 5.74) is -0.247. The summed E-state index contributed by atoms with van der Waals surface area (Å²) in [6, 6.07) is 3.01. The molecule has 0 radical (unpaired) electrons. The first-order valence-corrected chi connectivity index (χ1v) is 8.77. The van der Waals surface area contributed by atoms with Crippen LogP contribution in [0.1, 0.15) is 34.6 Å². The summed E-state index contributed by atoms with van der Waals surface area (Å²) in [5.74, 6) is -1.26. The molecule has 1 saturated heterocycles. The Labute approximate surface area is 159 Å². The molecule has 142 valence electrons. The van der Waals surface area contributed by atoms with Gasteiger partial charge in [-0.25, -0.2) is 4.39 Å². The normalized spacial score (nSPS) is 19.9. The molecular weight excluding hydrogens is 375 g/mol. The first kappa shape index (κ1) is 19.0. The number of carbonyl (C=O) groups excluding carboxylic acids is 2. The summed E-state index contributed by atoms with van der Waals surface area (Å²) < 4.78 is 13.2. The van der Waals surface area contributed by atoms with Crippen LogP contribution in [0.3, 0.4) is 0 Å². The number of aromatic nitrogens is 2. The van der Waals surface area contributed by atoms with Crippen LogP contribution in [0, 0.1) is 5.82 Å². The predicted octanol–water partition coefficient (Wildman–Crippen LogP) is 1.94. The number of amides is 2. The number of nitrogens with one attached hydrogen (secondary N) is 1. The number of hydrogen-bond acceptors (Lipinski definition) is 4. The summed E-state index contributed by atoms with van der Waals surface area (Å²) in [5, 5.41) is 6.13. The summed E-state index contributed by atoms with van der Waals surface area (Å²) in [4.78, 5) is 40.6. The van der Waals surface area contributed by atoms with Crippen LogP contribution >= 0.6 is 11.6 Å². The molecule has 1 aromatic carbocycles. The second-order valence-electron chi connectivity index (χ2n) is 6.55. The van der Waals surface area contributed by atoms with Crippen molar-refractivity contribution in [2.75, 3.05) is 13.1 Å². The lowest BCUT2D eigenvalue weighted by Gasteiger charge is -2.44. The summed E-state index contributed by atoms with van der Waals surface area (Å²) in [6.45, 7) is 4.12. The number of aromatic amines is 1. The molecule has 0 spiro atoms. The van der Waals surface area contributed by atoms with Gasteiger partial charge in [0.25, 0.3) is 11.8 Å². The van der Waals surface area contributed by atoms with Gasteiger partial charge in [0.05, 0.1) is 16.8 Å². The smallest absolute Gasteiger partial charge is 0.259 e. The van der Waals surface area contributed by atoms with Crippen molar-refractivity contribution in [3.63, 3.8) is 0 Å². The van der Waals surface area contributed by atoms with Crippen molar-refractivity contribution in [3.05, 3.63) is 62.8 Å². The van der Waals surface area contributed by atoms with Gasteiger partial charge in [-0.2, -0.15) is 5.10 Å².